The van der Waals surface area contributed by atoms with E-state index in [1.54, 1.807) is 0 Å². The van der Waals surface area contributed by atoms with Gasteiger partial charge in [0.25, 0.3) is 5.91 Å². The van der Waals surface area contributed by atoms with Crippen LogP contribution in [0.5, 0.6) is 0 Å². The van der Waals surface area contributed by atoms with E-state index < -0.39 is 5.97 Å². The maximum atomic E-state index is 12.9. The van der Waals surface area contributed by atoms with E-state index >= 15 is 0 Å². The van der Waals surface area contributed by atoms with E-state index in [0.717, 1.165) is 53.4 Å². The molecule has 1 heterocycles. The summed E-state index contributed by atoms with van der Waals surface area (Å²) in [7, 11) is 0. The molecule has 0 atom stereocenters. The first-order valence-corrected chi connectivity index (χ1v) is 9.31. The molecule has 0 unspecified atom stereocenters. The number of pyridine rings is 1. The highest BCUT2D eigenvalue weighted by molar-refractivity contribution is 6.05. The van der Waals surface area contributed by atoms with Crippen LogP contribution in [0, 0.1) is 12.8 Å². The number of ether oxygens (including phenoxy) is 1. The van der Waals surface area contributed by atoms with E-state index in [-0.39, 0.29) is 12.5 Å². The zero-order valence-corrected chi connectivity index (χ0v) is 15.7. The number of hydrogen-bond acceptors (Lipinski definition) is 4. The third-order valence-corrected chi connectivity index (χ3v) is 4.66. The molecule has 1 aromatic carbocycles. The lowest BCUT2D eigenvalue weighted by atomic mass is 9.89. The van der Waals surface area contributed by atoms with Gasteiger partial charge in [-0.05, 0) is 56.2 Å². The maximum Gasteiger partial charge on any atom is 0.339 e. The first kappa shape index (κ1) is 18.4. The Balaban J connectivity index is 1.88. The van der Waals surface area contributed by atoms with Crippen molar-refractivity contribution in [2.75, 3.05) is 13.2 Å². The molecule has 1 N–H and O–H groups in total. The molecule has 1 aliphatic carbocycles. The van der Waals surface area contributed by atoms with Gasteiger partial charge in [-0.3, -0.25) is 9.78 Å². The molecule has 0 radical (unpaired) electrons. The molecule has 0 aliphatic heterocycles. The number of nitrogens with zero attached hydrogens (tertiary/aromatic N) is 1. The van der Waals surface area contributed by atoms with Crippen molar-refractivity contribution in [2.24, 2.45) is 5.92 Å². The van der Waals surface area contributed by atoms with Gasteiger partial charge in [0.15, 0.2) is 6.61 Å². The third-order valence-electron chi connectivity index (χ3n) is 4.66. The van der Waals surface area contributed by atoms with Gasteiger partial charge in [-0.2, -0.15) is 0 Å². The van der Waals surface area contributed by atoms with Crippen LogP contribution < -0.4 is 5.32 Å². The molecule has 0 bridgehead atoms. The first-order valence-electron chi connectivity index (χ1n) is 9.31. The van der Waals surface area contributed by atoms with Crippen molar-refractivity contribution in [1.29, 1.82) is 0 Å². The second kappa shape index (κ2) is 7.85. The summed E-state index contributed by atoms with van der Waals surface area (Å²) in [6.45, 7) is 6.35. The zero-order chi connectivity index (χ0) is 18.7. The van der Waals surface area contributed by atoms with Crippen LogP contribution in [-0.4, -0.2) is 30.0 Å². The Hall–Kier alpha value is -2.43. The van der Waals surface area contributed by atoms with E-state index in [1.165, 1.54) is 0 Å². The summed E-state index contributed by atoms with van der Waals surface area (Å²) in [5, 5.41) is 3.59. The number of benzene rings is 1. The third kappa shape index (κ3) is 4.03. The summed E-state index contributed by atoms with van der Waals surface area (Å²) in [5.74, 6) is -0.343. The van der Waals surface area contributed by atoms with Crippen LogP contribution in [0.4, 0.5) is 0 Å². The molecular weight excluding hydrogens is 328 g/mol. The van der Waals surface area contributed by atoms with Crippen LogP contribution >= 0.6 is 0 Å². The normalized spacial score (nSPS) is 13.5. The minimum Gasteiger partial charge on any atom is -0.452 e. The van der Waals surface area contributed by atoms with Gasteiger partial charge in [-0.25, -0.2) is 4.79 Å². The summed E-state index contributed by atoms with van der Waals surface area (Å²) in [6, 6.07) is 5.93. The second-order valence-corrected chi connectivity index (χ2v) is 7.41. The molecule has 0 saturated carbocycles. The molecule has 0 fully saturated rings. The van der Waals surface area contributed by atoms with Crippen LogP contribution in [0.2, 0.25) is 0 Å². The zero-order valence-electron chi connectivity index (χ0n) is 15.7. The molecule has 1 aliphatic rings. The Morgan fingerprint density at radius 1 is 1.23 bits per heavy atom. The Morgan fingerprint density at radius 2 is 2.00 bits per heavy atom. The Bertz CT molecular complexity index is 843. The maximum absolute atomic E-state index is 12.9. The second-order valence-electron chi connectivity index (χ2n) is 7.41. The quantitative estimate of drug-likeness (QED) is 0.836. The fourth-order valence-corrected chi connectivity index (χ4v) is 3.34. The van der Waals surface area contributed by atoms with Crippen molar-refractivity contribution in [3.8, 4) is 0 Å². The monoisotopic (exact) mass is 354 g/mol. The smallest absolute Gasteiger partial charge is 0.339 e. The minimum atomic E-state index is -0.430. The summed E-state index contributed by atoms with van der Waals surface area (Å²) in [5.41, 5.74) is 4.45. The van der Waals surface area contributed by atoms with Crippen molar-refractivity contribution in [3.63, 3.8) is 0 Å². The summed E-state index contributed by atoms with van der Waals surface area (Å²) < 4.78 is 5.36. The van der Waals surface area contributed by atoms with Crippen LogP contribution in [0.3, 0.4) is 0 Å². The molecule has 5 nitrogen and oxygen atoms in total. The van der Waals surface area contributed by atoms with Gasteiger partial charge in [-0.1, -0.05) is 25.5 Å². The number of rotatable bonds is 5. The number of aryl methyl sites for hydroxylation is 2. The number of esters is 1. The fourth-order valence-electron chi connectivity index (χ4n) is 3.34. The Labute approximate surface area is 154 Å². The van der Waals surface area contributed by atoms with Gasteiger partial charge in [-0.15, -0.1) is 0 Å². The number of hydrogen-bond donors (Lipinski definition) is 1. The lowest BCUT2D eigenvalue weighted by Gasteiger charge is -2.20. The standard InChI is InChI=1S/C21H26N2O3/c1-13(2)11-22-19(24)12-26-21(25)20-15-6-4-5-7-17(15)23-18-9-8-14(3)10-16(18)20/h8-10,13H,4-7,11-12H2,1-3H3,(H,22,24). The lowest BCUT2D eigenvalue weighted by Crippen LogP contribution is -2.31. The van der Waals surface area contributed by atoms with Crippen molar-refractivity contribution in [2.45, 2.75) is 46.5 Å². The molecule has 1 amide bonds. The Morgan fingerprint density at radius 3 is 2.77 bits per heavy atom. The van der Waals surface area contributed by atoms with Gasteiger partial charge in [0.05, 0.1) is 11.1 Å². The summed E-state index contributed by atoms with van der Waals surface area (Å²) in [6.07, 6.45) is 3.84. The highest BCUT2D eigenvalue weighted by Crippen LogP contribution is 2.30. The topological polar surface area (TPSA) is 68.3 Å². The molecular formula is C21H26N2O3. The number of nitrogens with one attached hydrogen (secondary N) is 1. The average Bonchev–Trinajstić information content (AvgIpc) is 2.62. The van der Waals surface area contributed by atoms with Crippen molar-refractivity contribution >= 4 is 22.8 Å². The number of carbonyl (C=O) groups is 2. The Kier molecular flexibility index (Phi) is 5.55. The van der Waals surface area contributed by atoms with Gasteiger partial charge in [0, 0.05) is 17.6 Å². The fraction of sp³-hybridized carbons (Fsp3) is 0.476. The number of carbonyl (C=O) groups excluding carboxylic acids is 2. The van der Waals surface area contributed by atoms with Crippen LogP contribution in [0.15, 0.2) is 18.2 Å². The van der Waals surface area contributed by atoms with E-state index in [0.29, 0.717) is 18.0 Å². The molecule has 5 heteroatoms. The van der Waals surface area contributed by atoms with Crippen molar-refractivity contribution in [1.82, 2.24) is 10.3 Å². The molecule has 0 spiro atoms. The van der Waals surface area contributed by atoms with Crippen molar-refractivity contribution in [3.05, 3.63) is 40.6 Å². The SMILES string of the molecule is Cc1ccc2nc3c(c(C(=O)OCC(=O)NCC(C)C)c2c1)CCCC3. The summed E-state index contributed by atoms with van der Waals surface area (Å²) >= 11 is 0. The van der Waals surface area contributed by atoms with E-state index in [1.807, 2.05) is 39.0 Å². The highest BCUT2D eigenvalue weighted by atomic mass is 16.5. The van der Waals surface area contributed by atoms with E-state index in [9.17, 15) is 9.59 Å². The molecule has 26 heavy (non-hydrogen) atoms. The van der Waals surface area contributed by atoms with Gasteiger partial charge >= 0.3 is 5.97 Å². The minimum absolute atomic E-state index is 0.254. The molecule has 138 valence electrons. The number of amides is 1. The van der Waals surface area contributed by atoms with E-state index in [2.05, 4.69) is 5.32 Å². The molecule has 1 aromatic heterocycles. The highest BCUT2D eigenvalue weighted by Gasteiger charge is 2.24. The summed E-state index contributed by atoms with van der Waals surface area (Å²) in [4.78, 5) is 29.5. The van der Waals surface area contributed by atoms with E-state index in [4.69, 9.17) is 9.72 Å². The number of fused-ring (bicyclic) bond motifs is 2. The number of aromatic nitrogens is 1. The predicted molar refractivity (Wildman–Crippen MR) is 101 cm³/mol. The van der Waals surface area contributed by atoms with Crippen LogP contribution in [-0.2, 0) is 22.4 Å². The predicted octanol–water partition coefficient (Wildman–Crippen LogP) is 3.35. The van der Waals surface area contributed by atoms with Gasteiger partial charge in [0.1, 0.15) is 0 Å². The molecule has 2 aromatic rings. The molecule has 3 rings (SSSR count). The van der Waals surface area contributed by atoms with Crippen LogP contribution in [0.1, 0.15) is 53.9 Å². The largest absolute Gasteiger partial charge is 0.452 e. The van der Waals surface area contributed by atoms with Gasteiger partial charge < -0.3 is 10.1 Å². The van der Waals surface area contributed by atoms with Crippen LogP contribution in [0.25, 0.3) is 10.9 Å². The van der Waals surface area contributed by atoms with Gasteiger partial charge in [0.2, 0.25) is 0 Å². The average molecular weight is 354 g/mol. The first-order chi connectivity index (χ1) is 12.5. The lowest BCUT2D eigenvalue weighted by molar-refractivity contribution is -0.124. The molecule has 0 saturated heterocycles. The van der Waals surface area contributed by atoms with Crippen molar-refractivity contribution < 1.29 is 14.3 Å².